The van der Waals surface area contributed by atoms with Gasteiger partial charge in [-0.05, 0) is 36.9 Å². The van der Waals surface area contributed by atoms with Gasteiger partial charge in [-0.25, -0.2) is 0 Å². The smallest absolute Gasteiger partial charge is 0.108 e. The van der Waals surface area contributed by atoms with Crippen molar-refractivity contribution in [1.29, 1.82) is 0 Å². The van der Waals surface area contributed by atoms with Crippen LogP contribution in [0.15, 0.2) is 60.7 Å². The molecule has 0 unspecified atom stereocenters. The van der Waals surface area contributed by atoms with Crippen LogP contribution in [0.25, 0.3) is 0 Å². The lowest BCUT2D eigenvalue weighted by Gasteiger charge is -2.34. The number of nitrogens with zero attached hydrogens (tertiary/aromatic N) is 1. The highest BCUT2D eigenvalue weighted by molar-refractivity contribution is 5.30. The molecule has 2 aromatic carbocycles. The standard InChI is InChI=1S/C21H27NO/c1-2-15-22-16-13-20(14-17-22)23-21(18-9-5-3-6-10-18)19-11-7-4-8-12-19/h3-12,20-21H,2,13-17H2,1H3. The van der Waals surface area contributed by atoms with Crippen LogP contribution in [0.3, 0.4) is 0 Å². The van der Waals surface area contributed by atoms with Gasteiger partial charge >= 0.3 is 0 Å². The van der Waals surface area contributed by atoms with E-state index in [-0.39, 0.29) is 6.10 Å². The van der Waals surface area contributed by atoms with Crippen LogP contribution in [0.4, 0.5) is 0 Å². The first-order valence-electron chi connectivity index (χ1n) is 8.84. The number of piperidine rings is 1. The van der Waals surface area contributed by atoms with Crippen molar-refractivity contribution in [3.63, 3.8) is 0 Å². The Bertz CT molecular complexity index is 521. The predicted molar refractivity (Wildman–Crippen MR) is 95.6 cm³/mol. The lowest BCUT2D eigenvalue weighted by Crippen LogP contribution is -2.37. The molecule has 0 saturated carbocycles. The van der Waals surface area contributed by atoms with Gasteiger partial charge in [0.25, 0.3) is 0 Å². The van der Waals surface area contributed by atoms with E-state index in [1.54, 1.807) is 0 Å². The van der Waals surface area contributed by atoms with E-state index >= 15 is 0 Å². The Morgan fingerprint density at radius 1 is 0.913 bits per heavy atom. The van der Waals surface area contributed by atoms with Gasteiger partial charge in [0, 0.05) is 13.1 Å². The first kappa shape index (κ1) is 16.2. The SMILES string of the molecule is CCCN1CCC(OC(c2ccccc2)c2ccccc2)CC1. The van der Waals surface area contributed by atoms with Crippen LogP contribution < -0.4 is 0 Å². The van der Waals surface area contributed by atoms with E-state index in [9.17, 15) is 0 Å². The van der Waals surface area contributed by atoms with Gasteiger partial charge < -0.3 is 9.64 Å². The third-order valence-electron chi connectivity index (χ3n) is 4.61. The van der Waals surface area contributed by atoms with Gasteiger partial charge in [0.2, 0.25) is 0 Å². The molecule has 1 heterocycles. The molecule has 3 rings (SSSR count). The summed E-state index contributed by atoms with van der Waals surface area (Å²) in [6, 6.07) is 21.2. The summed E-state index contributed by atoms with van der Waals surface area (Å²) in [6.45, 7) is 5.79. The van der Waals surface area contributed by atoms with Crippen molar-refractivity contribution in [3.8, 4) is 0 Å². The van der Waals surface area contributed by atoms with Crippen LogP contribution in [0.5, 0.6) is 0 Å². The van der Waals surface area contributed by atoms with Gasteiger partial charge in [-0.3, -0.25) is 0 Å². The number of rotatable bonds is 6. The summed E-state index contributed by atoms with van der Waals surface area (Å²) in [5.74, 6) is 0. The molecule has 0 aliphatic carbocycles. The second-order valence-corrected chi connectivity index (χ2v) is 6.38. The van der Waals surface area contributed by atoms with Crippen LogP contribution in [-0.2, 0) is 4.74 Å². The van der Waals surface area contributed by atoms with E-state index in [0.29, 0.717) is 6.10 Å². The molecule has 1 saturated heterocycles. The molecule has 122 valence electrons. The summed E-state index contributed by atoms with van der Waals surface area (Å²) in [6.07, 6.45) is 3.91. The summed E-state index contributed by atoms with van der Waals surface area (Å²) in [7, 11) is 0. The van der Waals surface area contributed by atoms with E-state index in [4.69, 9.17) is 4.74 Å². The van der Waals surface area contributed by atoms with E-state index in [1.165, 1.54) is 24.1 Å². The van der Waals surface area contributed by atoms with Crippen LogP contribution in [0.1, 0.15) is 43.4 Å². The zero-order valence-corrected chi connectivity index (χ0v) is 14.0. The monoisotopic (exact) mass is 309 g/mol. The Labute approximate surface area is 140 Å². The Hall–Kier alpha value is -1.64. The van der Waals surface area contributed by atoms with Gasteiger partial charge in [-0.15, -0.1) is 0 Å². The van der Waals surface area contributed by atoms with Crippen molar-refractivity contribution in [2.75, 3.05) is 19.6 Å². The first-order valence-corrected chi connectivity index (χ1v) is 8.84. The van der Waals surface area contributed by atoms with Crippen LogP contribution in [0, 0.1) is 0 Å². The minimum atomic E-state index is 0.0418. The molecule has 1 aliphatic heterocycles. The van der Waals surface area contributed by atoms with Gasteiger partial charge in [0.1, 0.15) is 6.10 Å². The van der Waals surface area contributed by atoms with Crippen LogP contribution in [0.2, 0.25) is 0 Å². The maximum absolute atomic E-state index is 6.56. The molecule has 0 radical (unpaired) electrons. The minimum absolute atomic E-state index is 0.0418. The summed E-state index contributed by atoms with van der Waals surface area (Å²) in [4.78, 5) is 2.56. The molecule has 0 amide bonds. The average molecular weight is 309 g/mol. The van der Waals surface area contributed by atoms with Crippen LogP contribution in [-0.4, -0.2) is 30.6 Å². The minimum Gasteiger partial charge on any atom is -0.365 e. The Morgan fingerprint density at radius 3 is 1.91 bits per heavy atom. The highest BCUT2D eigenvalue weighted by atomic mass is 16.5. The van der Waals surface area contributed by atoms with E-state index in [2.05, 4.69) is 72.5 Å². The first-order chi connectivity index (χ1) is 11.4. The van der Waals surface area contributed by atoms with E-state index in [0.717, 1.165) is 25.9 Å². The lowest BCUT2D eigenvalue weighted by molar-refractivity contribution is -0.0268. The Kier molecular flexibility index (Phi) is 5.84. The van der Waals surface area contributed by atoms with Gasteiger partial charge in [-0.2, -0.15) is 0 Å². The van der Waals surface area contributed by atoms with Crippen LogP contribution >= 0.6 is 0 Å². The van der Waals surface area contributed by atoms with E-state index < -0.39 is 0 Å². The molecular weight excluding hydrogens is 282 g/mol. The summed E-state index contributed by atoms with van der Waals surface area (Å²) in [5.41, 5.74) is 2.49. The third-order valence-corrected chi connectivity index (χ3v) is 4.61. The number of hydrogen-bond donors (Lipinski definition) is 0. The highest BCUT2D eigenvalue weighted by Gasteiger charge is 2.24. The van der Waals surface area contributed by atoms with Crippen molar-refractivity contribution in [2.24, 2.45) is 0 Å². The fourth-order valence-corrected chi connectivity index (χ4v) is 3.38. The largest absolute Gasteiger partial charge is 0.365 e. The third kappa shape index (κ3) is 4.43. The fourth-order valence-electron chi connectivity index (χ4n) is 3.38. The van der Waals surface area contributed by atoms with Crippen molar-refractivity contribution in [1.82, 2.24) is 4.90 Å². The normalized spacial score (nSPS) is 16.8. The molecule has 2 aromatic rings. The quantitative estimate of drug-likeness (QED) is 0.769. The maximum atomic E-state index is 6.56. The number of benzene rings is 2. The second kappa shape index (κ2) is 8.28. The van der Waals surface area contributed by atoms with Gasteiger partial charge in [-0.1, -0.05) is 67.6 Å². The number of hydrogen-bond acceptors (Lipinski definition) is 2. The molecule has 2 heteroatoms. The molecule has 0 atom stereocenters. The summed E-state index contributed by atoms with van der Waals surface area (Å²) < 4.78 is 6.56. The van der Waals surface area contributed by atoms with Crippen molar-refractivity contribution in [2.45, 2.75) is 38.4 Å². The molecule has 0 aromatic heterocycles. The molecule has 23 heavy (non-hydrogen) atoms. The average Bonchev–Trinajstić information content (AvgIpc) is 2.63. The molecule has 1 fully saturated rings. The van der Waals surface area contributed by atoms with Crippen molar-refractivity contribution >= 4 is 0 Å². The number of likely N-dealkylation sites (tertiary alicyclic amines) is 1. The summed E-state index contributed by atoms with van der Waals surface area (Å²) >= 11 is 0. The Balaban J connectivity index is 1.70. The molecule has 1 aliphatic rings. The highest BCUT2D eigenvalue weighted by Crippen LogP contribution is 2.29. The predicted octanol–water partition coefficient (Wildman–Crippen LogP) is 4.67. The molecule has 0 N–H and O–H groups in total. The molecular formula is C21H27NO. The maximum Gasteiger partial charge on any atom is 0.108 e. The zero-order chi connectivity index (χ0) is 15.9. The van der Waals surface area contributed by atoms with Crippen molar-refractivity contribution < 1.29 is 4.74 Å². The Morgan fingerprint density at radius 2 is 1.43 bits per heavy atom. The lowest BCUT2D eigenvalue weighted by atomic mass is 10.00. The van der Waals surface area contributed by atoms with Gasteiger partial charge in [0.05, 0.1) is 6.10 Å². The second-order valence-electron chi connectivity index (χ2n) is 6.38. The summed E-state index contributed by atoms with van der Waals surface area (Å²) in [5, 5.41) is 0. The van der Waals surface area contributed by atoms with Crippen molar-refractivity contribution in [3.05, 3.63) is 71.8 Å². The molecule has 0 bridgehead atoms. The fraction of sp³-hybridized carbons (Fsp3) is 0.429. The zero-order valence-electron chi connectivity index (χ0n) is 14.0. The molecule has 2 nitrogen and oxygen atoms in total. The molecule has 0 spiro atoms. The topological polar surface area (TPSA) is 12.5 Å². The van der Waals surface area contributed by atoms with E-state index in [1.807, 2.05) is 0 Å². The number of ether oxygens (including phenoxy) is 1. The van der Waals surface area contributed by atoms with Gasteiger partial charge in [0.15, 0.2) is 0 Å².